The minimum Gasteiger partial charge on any atom is -0.480 e. The van der Waals surface area contributed by atoms with Gasteiger partial charge in [-0.1, -0.05) is 33.1 Å². The third-order valence-electron chi connectivity index (χ3n) is 2.07. The van der Waals surface area contributed by atoms with E-state index in [0.717, 1.165) is 38.6 Å². The van der Waals surface area contributed by atoms with E-state index in [2.05, 4.69) is 19.2 Å². The van der Waals surface area contributed by atoms with Crippen LogP contribution in [0.15, 0.2) is 0 Å². The summed E-state index contributed by atoms with van der Waals surface area (Å²) >= 11 is 0. The van der Waals surface area contributed by atoms with Crippen molar-refractivity contribution in [2.75, 3.05) is 6.54 Å². The van der Waals surface area contributed by atoms with E-state index >= 15 is 0 Å². The highest BCUT2D eigenvalue weighted by molar-refractivity contribution is 5.73. The van der Waals surface area contributed by atoms with Crippen LogP contribution in [-0.4, -0.2) is 23.7 Å². The molecule has 0 saturated carbocycles. The quantitative estimate of drug-likeness (QED) is 0.571. The lowest BCUT2D eigenvalue weighted by atomic mass is 10.1. The molecule has 0 aliphatic carbocycles. The predicted octanol–water partition coefficient (Wildman–Crippen LogP) is 2.02. The highest BCUT2D eigenvalue weighted by Gasteiger charge is 2.14. The highest BCUT2D eigenvalue weighted by atomic mass is 16.4. The Morgan fingerprint density at radius 1 is 1.31 bits per heavy atom. The van der Waals surface area contributed by atoms with Gasteiger partial charge in [-0.2, -0.15) is 0 Å². The second kappa shape index (κ2) is 8.05. The molecule has 0 amide bonds. The largest absolute Gasteiger partial charge is 0.480 e. The van der Waals surface area contributed by atoms with Gasteiger partial charge in [0.1, 0.15) is 6.04 Å². The van der Waals surface area contributed by atoms with Crippen molar-refractivity contribution in [3.05, 3.63) is 0 Å². The summed E-state index contributed by atoms with van der Waals surface area (Å²) in [6.45, 7) is 4.99. The summed E-state index contributed by atoms with van der Waals surface area (Å²) in [6, 6.07) is -0.341. The Labute approximate surface area is 80.5 Å². The van der Waals surface area contributed by atoms with Crippen LogP contribution in [-0.2, 0) is 4.79 Å². The zero-order chi connectivity index (χ0) is 10.1. The van der Waals surface area contributed by atoms with Crippen LogP contribution in [0.3, 0.4) is 0 Å². The van der Waals surface area contributed by atoms with E-state index in [1.807, 2.05) is 0 Å². The van der Waals surface area contributed by atoms with Gasteiger partial charge in [0.2, 0.25) is 0 Å². The van der Waals surface area contributed by atoms with E-state index in [-0.39, 0.29) is 6.04 Å². The van der Waals surface area contributed by atoms with Crippen molar-refractivity contribution in [1.29, 1.82) is 0 Å². The summed E-state index contributed by atoms with van der Waals surface area (Å²) in [5, 5.41) is 11.9. The highest BCUT2D eigenvalue weighted by Crippen LogP contribution is 2.01. The summed E-state index contributed by atoms with van der Waals surface area (Å²) in [5.74, 6) is -0.718. The van der Waals surface area contributed by atoms with Gasteiger partial charge in [0, 0.05) is 0 Å². The van der Waals surface area contributed by atoms with Gasteiger partial charge >= 0.3 is 5.97 Å². The number of nitrogens with one attached hydrogen (secondary N) is 1. The first-order chi connectivity index (χ1) is 6.22. The third kappa shape index (κ3) is 6.58. The molecule has 78 valence electrons. The maximum atomic E-state index is 10.7. The van der Waals surface area contributed by atoms with Gasteiger partial charge in [-0.15, -0.1) is 0 Å². The van der Waals surface area contributed by atoms with Crippen molar-refractivity contribution in [3.63, 3.8) is 0 Å². The number of aliphatic carboxylic acids is 1. The Kier molecular flexibility index (Phi) is 7.69. The van der Waals surface area contributed by atoms with Crippen LogP contribution in [0.2, 0.25) is 0 Å². The van der Waals surface area contributed by atoms with Gasteiger partial charge in [-0.25, -0.2) is 0 Å². The molecule has 13 heavy (non-hydrogen) atoms. The lowest BCUT2D eigenvalue weighted by Crippen LogP contribution is -2.37. The van der Waals surface area contributed by atoms with Gasteiger partial charge in [0.05, 0.1) is 0 Å². The van der Waals surface area contributed by atoms with E-state index in [9.17, 15) is 4.79 Å². The molecule has 0 aromatic carbocycles. The molecule has 0 aliphatic rings. The average Bonchev–Trinajstić information content (AvgIpc) is 2.10. The van der Waals surface area contributed by atoms with E-state index < -0.39 is 5.97 Å². The molecule has 0 radical (unpaired) electrons. The normalized spacial score (nSPS) is 12.8. The fraction of sp³-hybridized carbons (Fsp3) is 0.900. The Balaban J connectivity index is 3.61. The van der Waals surface area contributed by atoms with Crippen LogP contribution >= 0.6 is 0 Å². The van der Waals surface area contributed by atoms with Crippen LogP contribution in [0.25, 0.3) is 0 Å². The van der Waals surface area contributed by atoms with E-state index in [1.165, 1.54) is 0 Å². The summed E-state index contributed by atoms with van der Waals surface area (Å²) in [7, 11) is 0. The number of carboxylic acids is 1. The third-order valence-corrected chi connectivity index (χ3v) is 2.07. The van der Waals surface area contributed by atoms with Crippen LogP contribution in [0.4, 0.5) is 0 Å². The number of carboxylic acid groups (broad SMARTS) is 1. The van der Waals surface area contributed by atoms with Crippen molar-refractivity contribution in [2.45, 2.75) is 52.0 Å². The second-order valence-electron chi connectivity index (χ2n) is 3.34. The van der Waals surface area contributed by atoms with Crippen molar-refractivity contribution < 1.29 is 9.90 Å². The smallest absolute Gasteiger partial charge is 0.320 e. The molecule has 0 rings (SSSR count). The number of unbranched alkanes of at least 4 members (excludes halogenated alkanes) is 2. The fourth-order valence-electron chi connectivity index (χ4n) is 1.17. The number of hydrogen-bond acceptors (Lipinski definition) is 2. The molecule has 0 unspecified atom stereocenters. The lowest BCUT2D eigenvalue weighted by Gasteiger charge is -2.13. The average molecular weight is 187 g/mol. The molecule has 2 N–H and O–H groups in total. The van der Waals surface area contributed by atoms with Crippen LogP contribution in [0.1, 0.15) is 46.0 Å². The fourth-order valence-corrected chi connectivity index (χ4v) is 1.17. The summed E-state index contributed by atoms with van der Waals surface area (Å²) < 4.78 is 0. The van der Waals surface area contributed by atoms with Crippen molar-refractivity contribution >= 4 is 5.97 Å². The molecule has 0 aliphatic heterocycles. The SMILES string of the molecule is CCCCN[C@@H](CCCC)C(=O)O. The molecule has 0 heterocycles. The first-order valence-corrected chi connectivity index (χ1v) is 5.18. The molecule has 1 atom stereocenters. The van der Waals surface area contributed by atoms with Crippen molar-refractivity contribution in [3.8, 4) is 0 Å². The molecule has 0 aromatic heterocycles. The Bertz CT molecular complexity index is 137. The molecule has 3 heteroatoms. The van der Waals surface area contributed by atoms with Crippen LogP contribution in [0.5, 0.6) is 0 Å². The van der Waals surface area contributed by atoms with E-state index in [0.29, 0.717) is 0 Å². The topological polar surface area (TPSA) is 49.3 Å². The van der Waals surface area contributed by atoms with Crippen LogP contribution in [0, 0.1) is 0 Å². The van der Waals surface area contributed by atoms with Crippen LogP contribution < -0.4 is 5.32 Å². The van der Waals surface area contributed by atoms with Gasteiger partial charge in [0.25, 0.3) is 0 Å². The zero-order valence-electron chi connectivity index (χ0n) is 8.68. The Hall–Kier alpha value is -0.570. The number of carbonyl (C=O) groups is 1. The monoisotopic (exact) mass is 187 g/mol. The maximum absolute atomic E-state index is 10.7. The molecular weight excluding hydrogens is 166 g/mol. The van der Waals surface area contributed by atoms with Gasteiger partial charge in [-0.3, -0.25) is 4.79 Å². The predicted molar refractivity (Wildman–Crippen MR) is 53.9 cm³/mol. The minimum absolute atomic E-state index is 0.341. The molecule has 0 spiro atoms. The Morgan fingerprint density at radius 2 is 1.92 bits per heavy atom. The second-order valence-corrected chi connectivity index (χ2v) is 3.34. The summed E-state index contributed by atoms with van der Waals surface area (Å²) in [6.07, 6.45) is 4.94. The summed E-state index contributed by atoms with van der Waals surface area (Å²) in [5.41, 5.74) is 0. The molecule has 0 saturated heterocycles. The lowest BCUT2D eigenvalue weighted by molar-refractivity contribution is -0.139. The van der Waals surface area contributed by atoms with E-state index in [1.54, 1.807) is 0 Å². The van der Waals surface area contributed by atoms with E-state index in [4.69, 9.17) is 5.11 Å². The zero-order valence-corrected chi connectivity index (χ0v) is 8.68. The molecular formula is C10H21NO2. The number of hydrogen-bond donors (Lipinski definition) is 2. The van der Waals surface area contributed by atoms with Gasteiger partial charge in [-0.05, 0) is 19.4 Å². The number of rotatable bonds is 8. The van der Waals surface area contributed by atoms with Crippen molar-refractivity contribution in [1.82, 2.24) is 5.32 Å². The van der Waals surface area contributed by atoms with Crippen molar-refractivity contribution in [2.24, 2.45) is 0 Å². The Morgan fingerprint density at radius 3 is 2.38 bits per heavy atom. The molecule has 0 bridgehead atoms. The van der Waals surface area contributed by atoms with Gasteiger partial charge < -0.3 is 10.4 Å². The maximum Gasteiger partial charge on any atom is 0.320 e. The molecule has 0 aromatic rings. The standard InChI is InChI=1S/C10H21NO2/c1-3-5-7-9(10(12)13)11-8-6-4-2/h9,11H,3-8H2,1-2H3,(H,12,13)/t9-/m0/s1. The first kappa shape index (κ1) is 12.4. The minimum atomic E-state index is -0.718. The first-order valence-electron chi connectivity index (χ1n) is 5.18. The molecule has 3 nitrogen and oxygen atoms in total. The molecule has 0 fully saturated rings. The summed E-state index contributed by atoms with van der Waals surface area (Å²) in [4.78, 5) is 10.7. The van der Waals surface area contributed by atoms with Gasteiger partial charge in [0.15, 0.2) is 0 Å².